The minimum Gasteiger partial charge on any atom is -0.497 e. The molecule has 0 aliphatic carbocycles. The Bertz CT molecular complexity index is 966. The molecule has 2 heterocycles. The topological polar surface area (TPSA) is 73.3 Å². The van der Waals surface area contributed by atoms with Crippen molar-refractivity contribution in [2.75, 3.05) is 26.9 Å². The second-order valence-corrected chi connectivity index (χ2v) is 7.05. The quantitative estimate of drug-likeness (QED) is 0.740. The highest BCUT2D eigenvalue weighted by Crippen LogP contribution is 2.35. The number of hydrogen-bond donors (Lipinski definition) is 1. The number of nitrogens with zero attached hydrogens (tertiary/aromatic N) is 2. The molecule has 2 aromatic carbocycles. The molecule has 0 bridgehead atoms. The lowest BCUT2D eigenvalue weighted by molar-refractivity contribution is 0.0486. The molecule has 1 N–H and O–H groups in total. The molecule has 1 saturated heterocycles. The van der Waals surface area contributed by atoms with Gasteiger partial charge in [0.2, 0.25) is 0 Å². The van der Waals surface area contributed by atoms with Crippen molar-refractivity contribution < 1.29 is 14.3 Å². The molecule has 1 fully saturated rings. The lowest BCUT2D eigenvalue weighted by atomic mass is 9.74. The van der Waals surface area contributed by atoms with Gasteiger partial charge in [0.05, 0.1) is 24.3 Å². The van der Waals surface area contributed by atoms with Crippen molar-refractivity contribution in [3.63, 3.8) is 0 Å². The highest BCUT2D eigenvalue weighted by atomic mass is 16.5. The summed E-state index contributed by atoms with van der Waals surface area (Å²) in [6.45, 7) is 1.88. The van der Waals surface area contributed by atoms with Crippen molar-refractivity contribution in [3.8, 4) is 5.75 Å². The van der Waals surface area contributed by atoms with Crippen molar-refractivity contribution in [1.82, 2.24) is 15.3 Å². The molecule has 0 atom stereocenters. The minimum absolute atomic E-state index is 0.162. The van der Waals surface area contributed by atoms with E-state index in [0.717, 1.165) is 24.1 Å². The Morgan fingerprint density at radius 3 is 2.54 bits per heavy atom. The van der Waals surface area contributed by atoms with Crippen molar-refractivity contribution >= 4 is 16.9 Å². The molecule has 1 aromatic heterocycles. The first kappa shape index (κ1) is 18.4. The molecule has 6 nitrogen and oxygen atoms in total. The van der Waals surface area contributed by atoms with Crippen LogP contribution in [0.4, 0.5) is 0 Å². The van der Waals surface area contributed by atoms with Crippen LogP contribution in [0.5, 0.6) is 5.75 Å². The summed E-state index contributed by atoms with van der Waals surface area (Å²) in [6, 6.07) is 15.6. The fraction of sp³-hybridized carbons (Fsp3) is 0.318. The third-order valence-corrected chi connectivity index (χ3v) is 5.42. The van der Waals surface area contributed by atoms with Crippen molar-refractivity contribution in [2.45, 2.75) is 18.3 Å². The van der Waals surface area contributed by atoms with Crippen LogP contribution >= 0.6 is 0 Å². The van der Waals surface area contributed by atoms with Gasteiger partial charge in [0.1, 0.15) is 11.4 Å². The lowest BCUT2D eigenvalue weighted by Gasteiger charge is -2.38. The molecule has 1 amide bonds. The van der Waals surface area contributed by atoms with Gasteiger partial charge < -0.3 is 14.8 Å². The molecule has 1 aliphatic rings. The van der Waals surface area contributed by atoms with Crippen LogP contribution in [0, 0.1) is 0 Å². The molecule has 28 heavy (non-hydrogen) atoms. The number of carbonyl (C=O) groups excluding carboxylic acids is 1. The molecule has 144 valence electrons. The van der Waals surface area contributed by atoms with Gasteiger partial charge in [-0.25, -0.2) is 4.98 Å². The van der Waals surface area contributed by atoms with Gasteiger partial charge in [0, 0.05) is 25.2 Å². The van der Waals surface area contributed by atoms with Crippen molar-refractivity contribution in [3.05, 3.63) is 66.0 Å². The Labute approximate surface area is 163 Å². The Hall–Kier alpha value is -2.99. The number of fused-ring (bicyclic) bond motifs is 1. The van der Waals surface area contributed by atoms with Gasteiger partial charge in [0.15, 0.2) is 0 Å². The number of methoxy groups -OCH3 is 1. The largest absolute Gasteiger partial charge is 0.497 e. The van der Waals surface area contributed by atoms with E-state index in [9.17, 15) is 4.79 Å². The Morgan fingerprint density at radius 2 is 1.82 bits per heavy atom. The molecule has 1 aliphatic heterocycles. The summed E-state index contributed by atoms with van der Waals surface area (Å²) in [6.07, 6.45) is 3.23. The van der Waals surface area contributed by atoms with Crippen LogP contribution in [0.25, 0.3) is 11.0 Å². The molecule has 3 aromatic rings. The average Bonchev–Trinajstić information content (AvgIpc) is 2.78. The van der Waals surface area contributed by atoms with E-state index >= 15 is 0 Å². The number of benzene rings is 2. The van der Waals surface area contributed by atoms with E-state index in [1.165, 1.54) is 11.8 Å². The molecule has 6 heteroatoms. The summed E-state index contributed by atoms with van der Waals surface area (Å²) in [5.74, 6) is 0.610. The van der Waals surface area contributed by atoms with E-state index in [2.05, 4.69) is 27.4 Å². The summed E-state index contributed by atoms with van der Waals surface area (Å²) in [4.78, 5) is 21.5. The second-order valence-electron chi connectivity index (χ2n) is 7.05. The molecule has 0 saturated carbocycles. The maximum absolute atomic E-state index is 12.7. The Kier molecular flexibility index (Phi) is 5.21. The maximum Gasteiger partial charge on any atom is 0.271 e. The number of aromatic nitrogens is 2. The van der Waals surface area contributed by atoms with Gasteiger partial charge in [-0.1, -0.05) is 24.3 Å². The SMILES string of the molecule is COc1ccc(C2(CNC(=O)c3cnc4ccccc4n3)CCOCC2)cc1. The van der Waals surface area contributed by atoms with Crippen molar-refractivity contribution in [2.24, 2.45) is 0 Å². The third kappa shape index (κ3) is 3.68. The second kappa shape index (κ2) is 7.94. The van der Waals surface area contributed by atoms with E-state index in [1.807, 2.05) is 36.4 Å². The zero-order chi connectivity index (χ0) is 19.4. The van der Waals surface area contributed by atoms with Crippen LogP contribution in [-0.4, -0.2) is 42.7 Å². The van der Waals surface area contributed by atoms with Crippen LogP contribution in [0.1, 0.15) is 28.9 Å². The lowest BCUT2D eigenvalue weighted by Crippen LogP contribution is -2.44. The van der Waals surface area contributed by atoms with E-state index in [1.54, 1.807) is 7.11 Å². The number of hydrogen-bond acceptors (Lipinski definition) is 5. The van der Waals surface area contributed by atoms with Gasteiger partial charge in [-0.15, -0.1) is 0 Å². The normalized spacial score (nSPS) is 15.9. The zero-order valence-electron chi connectivity index (χ0n) is 15.9. The first-order chi connectivity index (χ1) is 13.7. The first-order valence-corrected chi connectivity index (χ1v) is 9.42. The predicted octanol–water partition coefficient (Wildman–Crippen LogP) is 3.12. The zero-order valence-corrected chi connectivity index (χ0v) is 15.9. The molecular formula is C22H23N3O3. The van der Waals surface area contributed by atoms with E-state index in [-0.39, 0.29) is 11.3 Å². The van der Waals surface area contributed by atoms with Crippen LogP contribution in [0.15, 0.2) is 54.7 Å². The number of nitrogens with one attached hydrogen (secondary N) is 1. The summed E-state index contributed by atoms with van der Waals surface area (Å²) in [7, 11) is 1.66. The Morgan fingerprint density at radius 1 is 1.11 bits per heavy atom. The van der Waals surface area contributed by atoms with Crippen LogP contribution in [-0.2, 0) is 10.2 Å². The number of ether oxygens (including phenoxy) is 2. The van der Waals surface area contributed by atoms with E-state index in [0.29, 0.717) is 31.0 Å². The summed E-state index contributed by atoms with van der Waals surface area (Å²) in [5, 5.41) is 3.07. The monoisotopic (exact) mass is 377 g/mol. The standard InChI is InChI=1S/C22H23N3O3/c1-27-17-8-6-16(7-9-17)22(10-12-28-13-11-22)15-24-21(26)20-14-23-18-4-2-3-5-19(18)25-20/h2-9,14H,10-13,15H2,1H3,(H,24,26). The van der Waals surface area contributed by atoms with Crippen molar-refractivity contribution in [1.29, 1.82) is 0 Å². The smallest absolute Gasteiger partial charge is 0.271 e. The van der Waals surface area contributed by atoms with Gasteiger partial charge in [-0.05, 0) is 42.7 Å². The summed E-state index contributed by atoms with van der Waals surface area (Å²) in [5.41, 5.74) is 2.84. The highest BCUT2D eigenvalue weighted by molar-refractivity contribution is 5.93. The van der Waals surface area contributed by atoms with Gasteiger partial charge in [-0.2, -0.15) is 0 Å². The molecule has 4 rings (SSSR count). The number of rotatable bonds is 5. The first-order valence-electron chi connectivity index (χ1n) is 9.42. The minimum atomic E-state index is -0.211. The van der Waals surface area contributed by atoms with Crippen LogP contribution in [0.3, 0.4) is 0 Å². The molecular weight excluding hydrogens is 354 g/mol. The van der Waals surface area contributed by atoms with E-state index < -0.39 is 0 Å². The van der Waals surface area contributed by atoms with E-state index in [4.69, 9.17) is 9.47 Å². The third-order valence-electron chi connectivity index (χ3n) is 5.42. The van der Waals surface area contributed by atoms with Crippen LogP contribution in [0.2, 0.25) is 0 Å². The molecule has 0 spiro atoms. The molecule has 0 radical (unpaired) electrons. The maximum atomic E-state index is 12.7. The van der Waals surface area contributed by atoms with Gasteiger partial charge in [-0.3, -0.25) is 9.78 Å². The summed E-state index contributed by atoms with van der Waals surface area (Å²) < 4.78 is 10.8. The Balaban J connectivity index is 1.54. The van der Waals surface area contributed by atoms with Crippen LogP contribution < -0.4 is 10.1 Å². The fourth-order valence-corrected chi connectivity index (χ4v) is 3.68. The predicted molar refractivity (Wildman–Crippen MR) is 107 cm³/mol. The van der Waals surface area contributed by atoms with Gasteiger partial charge >= 0.3 is 0 Å². The fourth-order valence-electron chi connectivity index (χ4n) is 3.68. The molecule has 0 unspecified atom stereocenters. The number of carbonyl (C=O) groups is 1. The summed E-state index contributed by atoms with van der Waals surface area (Å²) >= 11 is 0. The number of amides is 1. The highest BCUT2D eigenvalue weighted by Gasteiger charge is 2.35. The average molecular weight is 377 g/mol. The van der Waals surface area contributed by atoms with Gasteiger partial charge in [0.25, 0.3) is 5.91 Å². The number of para-hydroxylation sites is 2.